The van der Waals surface area contributed by atoms with Crippen molar-refractivity contribution in [1.29, 1.82) is 0 Å². The highest BCUT2D eigenvalue weighted by atomic mass is 16.1. The van der Waals surface area contributed by atoms with Gasteiger partial charge in [-0.2, -0.15) is 0 Å². The van der Waals surface area contributed by atoms with Crippen molar-refractivity contribution in [3.05, 3.63) is 64.0 Å². The third-order valence-electron chi connectivity index (χ3n) is 3.16. The smallest absolute Gasteiger partial charge is 0.255 e. The molecule has 0 aromatic heterocycles. The van der Waals surface area contributed by atoms with Crippen LogP contribution in [0, 0.1) is 0 Å². The summed E-state index contributed by atoms with van der Waals surface area (Å²) >= 11 is 0. The molecule has 0 aliphatic heterocycles. The number of Topliss-reactive ketones (excluding diaryl/α,β-unsaturated/α-hetero) is 1. The predicted octanol–water partition coefficient (Wildman–Crippen LogP) is 4.13. The average molecular weight is 309 g/mol. The number of benzene rings is 2. The van der Waals surface area contributed by atoms with Crippen molar-refractivity contribution in [3.63, 3.8) is 0 Å². The van der Waals surface area contributed by atoms with Crippen LogP contribution in [0.2, 0.25) is 0 Å². The van der Waals surface area contributed by atoms with E-state index in [1.54, 1.807) is 25.2 Å². The van der Waals surface area contributed by atoms with Gasteiger partial charge in [-0.3, -0.25) is 9.59 Å². The van der Waals surface area contributed by atoms with Gasteiger partial charge in [0.1, 0.15) is 0 Å². The molecule has 2 N–H and O–H groups in total. The van der Waals surface area contributed by atoms with Crippen molar-refractivity contribution >= 4 is 28.8 Å². The Labute approximate surface area is 133 Å². The van der Waals surface area contributed by atoms with Gasteiger partial charge >= 0.3 is 0 Å². The molecule has 0 radical (unpaired) electrons. The normalized spacial score (nSPS) is 9.65. The van der Waals surface area contributed by atoms with E-state index in [4.69, 9.17) is 5.53 Å². The Kier molecular flexibility index (Phi) is 4.96. The Bertz CT molecular complexity index is 790. The van der Waals surface area contributed by atoms with E-state index in [2.05, 4.69) is 20.7 Å². The molecule has 2 aromatic rings. The number of azide groups is 1. The second-order valence-electron chi connectivity index (χ2n) is 4.80. The minimum absolute atomic E-state index is 0.216. The topological polar surface area (TPSA) is 107 Å². The molecule has 0 saturated heterocycles. The summed E-state index contributed by atoms with van der Waals surface area (Å²) in [4.78, 5) is 26.6. The highest BCUT2D eigenvalue weighted by Crippen LogP contribution is 2.21. The number of hydrogen-bond donors (Lipinski definition) is 2. The molecule has 0 aliphatic carbocycles. The summed E-state index contributed by atoms with van der Waals surface area (Å²) in [5.74, 6) is -0.609. The van der Waals surface area contributed by atoms with E-state index in [9.17, 15) is 9.59 Å². The lowest BCUT2D eigenvalue weighted by Crippen LogP contribution is -2.12. The van der Waals surface area contributed by atoms with Crippen LogP contribution >= 0.6 is 0 Å². The summed E-state index contributed by atoms with van der Waals surface area (Å²) in [5, 5.41) is 9.19. The minimum atomic E-state index is -0.393. The fourth-order valence-electron chi connectivity index (χ4n) is 2.01. The third-order valence-corrected chi connectivity index (χ3v) is 3.16. The number of anilines is 2. The van der Waals surface area contributed by atoms with Gasteiger partial charge in [-0.25, -0.2) is 0 Å². The van der Waals surface area contributed by atoms with Crippen molar-refractivity contribution in [2.45, 2.75) is 6.92 Å². The van der Waals surface area contributed by atoms with E-state index in [-0.39, 0.29) is 17.0 Å². The van der Waals surface area contributed by atoms with Crippen LogP contribution in [-0.2, 0) is 0 Å². The molecule has 1 amide bonds. The van der Waals surface area contributed by atoms with E-state index < -0.39 is 5.91 Å². The Balaban J connectivity index is 2.34. The molecule has 0 bridgehead atoms. The maximum atomic E-state index is 12.4. The Hall–Kier alpha value is -3.31. The summed E-state index contributed by atoms with van der Waals surface area (Å²) in [5.41, 5.74) is 10.8. The van der Waals surface area contributed by atoms with Crippen LogP contribution in [0.1, 0.15) is 27.6 Å². The lowest BCUT2D eigenvalue weighted by Gasteiger charge is -2.09. The van der Waals surface area contributed by atoms with E-state index in [1.165, 1.54) is 25.1 Å². The summed E-state index contributed by atoms with van der Waals surface area (Å²) in [6, 6.07) is 11.5. The molecule has 0 atom stereocenters. The number of amides is 1. The van der Waals surface area contributed by atoms with Crippen molar-refractivity contribution in [2.24, 2.45) is 5.11 Å². The van der Waals surface area contributed by atoms with Gasteiger partial charge in [-0.1, -0.05) is 11.2 Å². The molecule has 23 heavy (non-hydrogen) atoms. The Morgan fingerprint density at radius 2 is 1.78 bits per heavy atom. The summed E-state index contributed by atoms with van der Waals surface area (Å²) in [6.07, 6.45) is 0. The fourth-order valence-corrected chi connectivity index (χ4v) is 2.01. The molecule has 0 spiro atoms. The van der Waals surface area contributed by atoms with Crippen LogP contribution in [-0.4, -0.2) is 18.7 Å². The number of nitrogens with one attached hydrogen (secondary N) is 2. The molecular weight excluding hydrogens is 294 g/mol. The maximum Gasteiger partial charge on any atom is 0.255 e. The maximum absolute atomic E-state index is 12.4. The molecule has 2 aromatic carbocycles. The highest BCUT2D eigenvalue weighted by molar-refractivity contribution is 6.07. The zero-order valence-electron chi connectivity index (χ0n) is 12.7. The van der Waals surface area contributed by atoms with Crippen LogP contribution in [0.15, 0.2) is 47.6 Å². The zero-order valence-corrected chi connectivity index (χ0v) is 12.7. The van der Waals surface area contributed by atoms with Gasteiger partial charge in [-0.05, 0) is 48.9 Å². The number of ketones is 1. The molecular formula is C16H15N5O2. The van der Waals surface area contributed by atoms with Crippen LogP contribution in [0.25, 0.3) is 10.4 Å². The monoisotopic (exact) mass is 309 g/mol. The van der Waals surface area contributed by atoms with Gasteiger partial charge < -0.3 is 10.6 Å². The van der Waals surface area contributed by atoms with Crippen LogP contribution in [0.4, 0.5) is 17.1 Å². The molecule has 2 rings (SSSR count). The van der Waals surface area contributed by atoms with Crippen molar-refractivity contribution in [3.8, 4) is 0 Å². The fraction of sp³-hybridized carbons (Fsp3) is 0.125. The van der Waals surface area contributed by atoms with Crippen molar-refractivity contribution < 1.29 is 9.59 Å². The highest BCUT2D eigenvalue weighted by Gasteiger charge is 2.11. The second kappa shape index (κ2) is 7.11. The Morgan fingerprint density at radius 1 is 1.09 bits per heavy atom. The summed E-state index contributed by atoms with van der Waals surface area (Å²) in [6.45, 7) is 1.38. The molecule has 116 valence electrons. The number of nitrogens with zero attached hydrogens (tertiary/aromatic N) is 3. The Morgan fingerprint density at radius 3 is 2.43 bits per heavy atom. The molecule has 0 aliphatic rings. The van der Waals surface area contributed by atoms with Gasteiger partial charge in [-0.15, -0.1) is 0 Å². The van der Waals surface area contributed by atoms with Crippen LogP contribution in [0.5, 0.6) is 0 Å². The first-order chi connectivity index (χ1) is 11.0. The van der Waals surface area contributed by atoms with E-state index >= 15 is 0 Å². The first-order valence-corrected chi connectivity index (χ1v) is 6.84. The van der Waals surface area contributed by atoms with E-state index in [1.807, 2.05) is 6.07 Å². The van der Waals surface area contributed by atoms with Crippen molar-refractivity contribution in [1.82, 2.24) is 0 Å². The summed E-state index contributed by atoms with van der Waals surface area (Å²) < 4.78 is 0. The molecule has 0 saturated carbocycles. The quantitative estimate of drug-likeness (QED) is 0.375. The molecule has 0 unspecified atom stereocenters. The number of hydrogen-bond acceptors (Lipinski definition) is 4. The minimum Gasteiger partial charge on any atom is -0.388 e. The van der Waals surface area contributed by atoms with Crippen LogP contribution < -0.4 is 10.6 Å². The van der Waals surface area contributed by atoms with Crippen molar-refractivity contribution in [2.75, 3.05) is 17.7 Å². The SMILES string of the molecule is CNc1cccc(NC(=O)c2cc(N=[N+]=[N-])cc(C(C)=O)c2)c1. The van der Waals surface area contributed by atoms with Gasteiger partial charge in [0.15, 0.2) is 5.78 Å². The molecule has 0 fully saturated rings. The molecule has 7 nitrogen and oxygen atoms in total. The van der Waals surface area contributed by atoms with Crippen LogP contribution in [0.3, 0.4) is 0 Å². The van der Waals surface area contributed by atoms with Gasteiger partial charge in [0.05, 0.1) is 0 Å². The first-order valence-electron chi connectivity index (χ1n) is 6.84. The first kappa shape index (κ1) is 16.1. The molecule has 0 heterocycles. The van der Waals surface area contributed by atoms with Gasteiger partial charge in [0.2, 0.25) is 0 Å². The standard InChI is InChI=1S/C16H15N5O2/c1-10(22)11-6-12(8-15(7-11)20-21-17)16(23)19-14-5-3-4-13(9-14)18-2/h3-9,18H,1-2H3,(H,19,23). The zero-order chi connectivity index (χ0) is 16.8. The lowest BCUT2D eigenvalue weighted by molar-refractivity contribution is 0.101. The van der Waals surface area contributed by atoms with Gasteiger partial charge in [0, 0.05) is 40.1 Å². The van der Waals surface area contributed by atoms with E-state index in [0.717, 1.165) is 5.69 Å². The third kappa shape index (κ3) is 4.09. The largest absolute Gasteiger partial charge is 0.388 e. The predicted molar refractivity (Wildman–Crippen MR) is 89.2 cm³/mol. The second-order valence-corrected chi connectivity index (χ2v) is 4.80. The van der Waals surface area contributed by atoms with Gasteiger partial charge in [0.25, 0.3) is 5.91 Å². The molecule has 7 heteroatoms. The number of rotatable bonds is 5. The lowest BCUT2D eigenvalue weighted by atomic mass is 10.1. The average Bonchev–Trinajstić information content (AvgIpc) is 2.55. The number of carbonyl (C=O) groups excluding carboxylic acids is 2. The number of carbonyl (C=O) groups is 2. The summed E-state index contributed by atoms with van der Waals surface area (Å²) in [7, 11) is 1.78. The van der Waals surface area contributed by atoms with E-state index in [0.29, 0.717) is 11.3 Å².